The van der Waals surface area contributed by atoms with Crippen LogP contribution >= 0.6 is 11.8 Å². The van der Waals surface area contributed by atoms with E-state index in [1.165, 1.54) is 24.3 Å². The highest BCUT2D eigenvalue weighted by Gasteiger charge is 2.22. The fourth-order valence-corrected chi connectivity index (χ4v) is 3.37. The quantitative estimate of drug-likeness (QED) is 0.895. The summed E-state index contributed by atoms with van der Waals surface area (Å²) in [6.07, 6.45) is 0.649. The first-order valence-corrected chi connectivity index (χ1v) is 8.55. The van der Waals surface area contributed by atoms with Crippen LogP contribution in [0.15, 0.2) is 47.4 Å². The van der Waals surface area contributed by atoms with Crippen molar-refractivity contribution in [3.05, 3.63) is 59.4 Å². The molecule has 0 spiro atoms. The molecule has 0 radical (unpaired) electrons. The molecule has 1 atom stereocenters. The molecule has 0 aliphatic carbocycles. The molecule has 0 fully saturated rings. The number of benzene rings is 2. The summed E-state index contributed by atoms with van der Waals surface area (Å²) < 4.78 is 12.8. The van der Waals surface area contributed by atoms with Gasteiger partial charge in [0.2, 0.25) is 5.91 Å². The van der Waals surface area contributed by atoms with Gasteiger partial charge >= 0.3 is 0 Å². The molecule has 124 valence electrons. The summed E-state index contributed by atoms with van der Waals surface area (Å²) in [4.78, 5) is 24.8. The van der Waals surface area contributed by atoms with Crippen molar-refractivity contribution in [3.8, 4) is 0 Å². The second kappa shape index (κ2) is 7.05. The van der Waals surface area contributed by atoms with Gasteiger partial charge in [0.25, 0.3) is 5.91 Å². The van der Waals surface area contributed by atoms with E-state index in [2.05, 4.69) is 10.6 Å². The number of thioether (sulfide) groups is 1. The van der Waals surface area contributed by atoms with E-state index in [0.717, 1.165) is 16.1 Å². The van der Waals surface area contributed by atoms with Gasteiger partial charge in [-0.1, -0.05) is 6.07 Å². The first kappa shape index (κ1) is 16.5. The van der Waals surface area contributed by atoms with Crippen LogP contribution in [0.5, 0.6) is 0 Å². The number of rotatable bonds is 4. The van der Waals surface area contributed by atoms with E-state index in [4.69, 9.17) is 0 Å². The molecule has 2 aromatic carbocycles. The first-order valence-electron chi connectivity index (χ1n) is 7.67. The Morgan fingerprint density at radius 3 is 2.75 bits per heavy atom. The second-order valence-corrected chi connectivity index (χ2v) is 6.98. The maximum absolute atomic E-state index is 12.8. The Kier molecular flexibility index (Phi) is 4.85. The number of anilines is 1. The fourth-order valence-electron chi connectivity index (χ4n) is 2.44. The summed E-state index contributed by atoms with van der Waals surface area (Å²) in [5.74, 6) is -0.588. The standard InChI is InChI=1S/C18H17FN2O2S/c1-11-17(22)21-15-10-12(2-7-16(15)24-11)8-9-20-18(23)13-3-5-14(19)6-4-13/h2-7,10-11H,8-9H2,1H3,(H,20,23)(H,21,22). The summed E-state index contributed by atoms with van der Waals surface area (Å²) >= 11 is 1.54. The van der Waals surface area contributed by atoms with Crippen LogP contribution in [0.25, 0.3) is 0 Å². The highest BCUT2D eigenvalue weighted by Crippen LogP contribution is 2.35. The molecule has 2 N–H and O–H groups in total. The number of hydrogen-bond acceptors (Lipinski definition) is 3. The Hall–Kier alpha value is -2.34. The molecule has 0 aromatic heterocycles. The minimum absolute atomic E-state index is 0.00858. The highest BCUT2D eigenvalue weighted by molar-refractivity contribution is 8.00. The van der Waals surface area contributed by atoms with E-state index < -0.39 is 0 Å². The molecular weight excluding hydrogens is 327 g/mol. The van der Waals surface area contributed by atoms with Gasteiger partial charge in [0.05, 0.1) is 10.9 Å². The third-order valence-electron chi connectivity index (χ3n) is 3.78. The Balaban J connectivity index is 1.57. The lowest BCUT2D eigenvalue weighted by molar-refractivity contribution is -0.115. The summed E-state index contributed by atoms with van der Waals surface area (Å²) in [7, 11) is 0. The number of hydrogen-bond donors (Lipinski definition) is 2. The van der Waals surface area contributed by atoms with Crippen molar-refractivity contribution < 1.29 is 14.0 Å². The molecular formula is C18H17FN2O2S. The normalized spacial score (nSPS) is 16.2. The number of amides is 2. The second-order valence-electron chi connectivity index (χ2n) is 5.59. The molecule has 2 amide bonds. The minimum atomic E-state index is -0.366. The lowest BCUT2D eigenvalue weighted by Crippen LogP contribution is -2.27. The average molecular weight is 344 g/mol. The van der Waals surface area contributed by atoms with E-state index in [1.54, 1.807) is 11.8 Å². The van der Waals surface area contributed by atoms with E-state index >= 15 is 0 Å². The lowest BCUT2D eigenvalue weighted by atomic mass is 10.1. The summed E-state index contributed by atoms with van der Waals surface area (Å²) in [5, 5.41) is 5.62. The maximum Gasteiger partial charge on any atom is 0.251 e. The maximum atomic E-state index is 12.8. The van der Waals surface area contributed by atoms with Crippen molar-refractivity contribution in [2.45, 2.75) is 23.5 Å². The van der Waals surface area contributed by atoms with Crippen molar-refractivity contribution in [1.82, 2.24) is 5.32 Å². The van der Waals surface area contributed by atoms with E-state index in [-0.39, 0.29) is 22.9 Å². The molecule has 0 saturated carbocycles. The van der Waals surface area contributed by atoms with Crippen LogP contribution in [0, 0.1) is 5.82 Å². The molecule has 0 bridgehead atoms. The predicted molar refractivity (Wildman–Crippen MR) is 92.8 cm³/mol. The van der Waals surface area contributed by atoms with Crippen molar-refractivity contribution in [2.24, 2.45) is 0 Å². The van der Waals surface area contributed by atoms with Gasteiger partial charge in [0, 0.05) is 17.0 Å². The number of fused-ring (bicyclic) bond motifs is 1. The Bertz CT molecular complexity index is 777. The van der Waals surface area contributed by atoms with Crippen LogP contribution in [0.3, 0.4) is 0 Å². The Morgan fingerprint density at radius 2 is 2.00 bits per heavy atom. The molecule has 0 saturated heterocycles. The minimum Gasteiger partial charge on any atom is -0.352 e. The van der Waals surface area contributed by atoms with E-state index in [1.807, 2.05) is 25.1 Å². The molecule has 4 nitrogen and oxygen atoms in total. The van der Waals surface area contributed by atoms with Crippen molar-refractivity contribution in [2.75, 3.05) is 11.9 Å². The monoisotopic (exact) mass is 344 g/mol. The van der Waals surface area contributed by atoms with Crippen LogP contribution in [0.2, 0.25) is 0 Å². The van der Waals surface area contributed by atoms with Crippen LogP contribution in [0.1, 0.15) is 22.8 Å². The number of carbonyl (C=O) groups is 2. The van der Waals surface area contributed by atoms with Gasteiger partial charge in [-0.2, -0.15) is 0 Å². The largest absolute Gasteiger partial charge is 0.352 e. The van der Waals surface area contributed by atoms with Crippen LogP contribution in [0.4, 0.5) is 10.1 Å². The van der Waals surface area contributed by atoms with Crippen LogP contribution < -0.4 is 10.6 Å². The summed E-state index contributed by atoms with van der Waals surface area (Å²) in [6, 6.07) is 11.4. The molecule has 3 rings (SSSR count). The third kappa shape index (κ3) is 3.76. The van der Waals surface area contributed by atoms with Gasteiger partial charge in [0.15, 0.2) is 0 Å². The van der Waals surface area contributed by atoms with E-state index in [9.17, 15) is 14.0 Å². The number of carbonyl (C=O) groups excluding carboxylic acids is 2. The summed E-state index contributed by atoms with van der Waals surface area (Å²) in [6.45, 7) is 2.34. The smallest absolute Gasteiger partial charge is 0.251 e. The van der Waals surface area contributed by atoms with Crippen molar-refractivity contribution in [3.63, 3.8) is 0 Å². The molecule has 1 unspecified atom stereocenters. The van der Waals surface area contributed by atoms with Crippen molar-refractivity contribution in [1.29, 1.82) is 0 Å². The molecule has 2 aromatic rings. The van der Waals surface area contributed by atoms with Crippen LogP contribution in [-0.4, -0.2) is 23.6 Å². The van der Waals surface area contributed by atoms with Crippen LogP contribution in [-0.2, 0) is 11.2 Å². The van der Waals surface area contributed by atoms with E-state index in [0.29, 0.717) is 18.5 Å². The lowest BCUT2D eigenvalue weighted by Gasteiger charge is -2.21. The predicted octanol–water partition coefficient (Wildman–Crippen LogP) is 3.23. The molecule has 1 aliphatic rings. The van der Waals surface area contributed by atoms with Gasteiger partial charge in [-0.05, 0) is 55.3 Å². The number of halogens is 1. The first-order chi connectivity index (χ1) is 11.5. The molecule has 24 heavy (non-hydrogen) atoms. The molecule has 6 heteroatoms. The highest BCUT2D eigenvalue weighted by atomic mass is 32.2. The fraction of sp³-hybridized carbons (Fsp3) is 0.222. The van der Waals surface area contributed by atoms with Gasteiger partial charge < -0.3 is 10.6 Å². The average Bonchev–Trinajstić information content (AvgIpc) is 2.56. The van der Waals surface area contributed by atoms with Gasteiger partial charge in [-0.15, -0.1) is 11.8 Å². The van der Waals surface area contributed by atoms with Gasteiger partial charge in [-0.25, -0.2) is 4.39 Å². The topological polar surface area (TPSA) is 58.2 Å². The number of nitrogens with one attached hydrogen (secondary N) is 2. The SMILES string of the molecule is CC1Sc2ccc(CCNC(=O)c3ccc(F)cc3)cc2NC1=O. The molecule has 1 aliphatic heterocycles. The summed E-state index contributed by atoms with van der Waals surface area (Å²) in [5.41, 5.74) is 2.29. The molecule has 1 heterocycles. The van der Waals surface area contributed by atoms with Gasteiger partial charge in [0.1, 0.15) is 5.82 Å². The zero-order valence-electron chi connectivity index (χ0n) is 13.1. The third-order valence-corrected chi connectivity index (χ3v) is 4.96. The van der Waals surface area contributed by atoms with Crippen molar-refractivity contribution >= 4 is 29.3 Å². The Morgan fingerprint density at radius 1 is 1.25 bits per heavy atom. The van der Waals surface area contributed by atoms with Gasteiger partial charge in [-0.3, -0.25) is 9.59 Å². The zero-order valence-corrected chi connectivity index (χ0v) is 14.0. The Labute approximate surface area is 143 Å². The zero-order chi connectivity index (χ0) is 17.1.